The SMILES string of the molecule is COc1ccc(F)c(Nc2ncnc(N)c2Br)c1. The van der Waals surface area contributed by atoms with Crippen molar-refractivity contribution in [2.45, 2.75) is 0 Å². The van der Waals surface area contributed by atoms with E-state index in [4.69, 9.17) is 10.5 Å². The number of nitrogens with zero attached hydrogens (tertiary/aromatic N) is 2. The third-order valence-electron chi connectivity index (χ3n) is 2.24. The normalized spacial score (nSPS) is 10.2. The molecule has 1 heterocycles. The zero-order chi connectivity index (χ0) is 13.1. The van der Waals surface area contributed by atoms with Crippen molar-refractivity contribution in [2.24, 2.45) is 0 Å². The summed E-state index contributed by atoms with van der Waals surface area (Å²) in [6, 6.07) is 4.36. The molecule has 0 aliphatic carbocycles. The van der Waals surface area contributed by atoms with Crippen LogP contribution in [0.1, 0.15) is 0 Å². The molecular weight excluding hydrogens is 303 g/mol. The second-order valence-corrected chi connectivity index (χ2v) is 4.19. The van der Waals surface area contributed by atoms with Crippen LogP contribution in [0.3, 0.4) is 0 Å². The fourth-order valence-corrected chi connectivity index (χ4v) is 1.63. The van der Waals surface area contributed by atoms with E-state index < -0.39 is 5.82 Å². The lowest BCUT2D eigenvalue weighted by atomic mass is 10.3. The first-order valence-corrected chi connectivity index (χ1v) is 5.77. The van der Waals surface area contributed by atoms with Gasteiger partial charge in [-0.05, 0) is 28.1 Å². The molecule has 1 aromatic carbocycles. The Kier molecular flexibility index (Phi) is 3.61. The molecule has 0 bridgehead atoms. The molecule has 0 atom stereocenters. The summed E-state index contributed by atoms with van der Waals surface area (Å²) < 4.78 is 19.1. The Morgan fingerprint density at radius 3 is 2.89 bits per heavy atom. The molecule has 0 spiro atoms. The largest absolute Gasteiger partial charge is 0.497 e. The molecule has 5 nitrogen and oxygen atoms in total. The smallest absolute Gasteiger partial charge is 0.150 e. The molecule has 0 fully saturated rings. The Morgan fingerprint density at radius 2 is 2.17 bits per heavy atom. The number of rotatable bonds is 3. The molecule has 0 radical (unpaired) electrons. The number of benzene rings is 1. The molecule has 2 rings (SSSR count). The summed E-state index contributed by atoms with van der Waals surface area (Å²) in [4.78, 5) is 7.77. The van der Waals surface area contributed by atoms with Crippen molar-refractivity contribution in [1.82, 2.24) is 9.97 Å². The van der Waals surface area contributed by atoms with Crippen LogP contribution in [-0.4, -0.2) is 17.1 Å². The molecule has 7 heteroatoms. The van der Waals surface area contributed by atoms with Gasteiger partial charge in [-0.15, -0.1) is 0 Å². The van der Waals surface area contributed by atoms with Gasteiger partial charge in [0.2, 0.25) is 0 Å². The van der Waals surface area contributed by atoms with Crippen LogP contribution in [0.15, 0.2) is 29.0 Å². The Hall–Kier alpha value is -1.89. The zero-order valence-electron chi connectivity index (χ0n) is 9.45. The average molecular weight is 313 g/mol. The average Bonchev–Trinajstić information content (AvgIpc) is 2.37. The molecular formula is C11H10BrFN4O. The van der Waals surface area contributed by atoms with Crippen LogP contribution < -0.4 is 15.8 Å². The molecule has 0 saturated carbocycles. The van der Waals surface area contributed by atoms with E-state index in [0.29, 0.717) is 16.0 Å². The van der Waals surface area contributed by atoms with Gasteiger partial charge in [0.25, 0.3) is 0 Å². The van der Waals surface area contributed by atoms with Gasteiger partial charge in [0, 0.05) is 6.07 Å². The first kappa shape index (κ1) is 12.6. The molecule has 0 saturated heterocycles. The second-order valence-electron chi connectivity index (χ2n) is 3.39. The molecule has 18 heavy (non-hydrogen) atoms. The fourth-order valence-electron chi connectivity index (χ4n) is 1.33. The molecule has 94 valence electrons. The van der Waals surface area contributed by atoms with Crippen molar-refractivity contribution < 1.29 is 9.13 Å². The van der Waals surface area contributed by atoms with Gasteiger partial charge in [-0.1, -0.05) is 0 Å². The quantitative estimate of drug-likeness (QED) is 0.911. The number of nitrogens with two attached hydrogens (primary N) is 1. The zero-order valence-corrected chi connectivity index (χ0v) is 11.0. The van der Waals surface area contributed by atoms with Crippen molar-refractivity contribution in [1.29, 1.82) is 0 Å². The molecule has 3 N–H and O–H groups in total. The van der Waals surface area contributed by atoms with Crippen LogP contribution >= 0.6 is 15.9 Å². The Labute approximate surface area is 111 Å². The van der Waals surface area contributed by atoms with Crippen molar-refractivity contribution in [3.63, 3.8) is 0 Å². The van der Waals surface area contributed by atoms with Crippen molar-refractivity contribution >= 4 is 33.3 Å². The highest BCUT2D eigenvalue weighted by molar-refractivity contribution is 9.10. The molecule has 0 aliphatic heterocycles. The highest BCUT2D eigenvalue weighted by Crippen LogP contribution is 2.29. The van der Waals surface area contributed by atoms with E-state index in [2.05, 4.69) is 31.2 Å². The van der Waals surface area contributed by atoms with E-state index in [1.54, 1.807) is 0 Å². The Morgan fingerprint density at radius 1 is 1.39 bits per heavy atom. The summed E-state index contributed by atoms with van der Waals surface area (Å²) in [5.74, 6) is 0.780. The van der Waals surface area contributed by atoms with Crippen molar-refractivity contribution in [3.05, 3.63) is 34.8 Å². The number of methoxy groups -OCH3 is 1. The van der Waals surface area contributed by atoms with Gasteiger partial charge in [0.05, 0.1) is 12.8 Å². The third kappa shape index (κ3) is 2.51. The minimum atomic E-state index is -0.417. The Balaban J connectivity index is 2.36. The van der Waals surface area contributed by atoms with E-state index in [1.165, 1.54) is 31.6 Å². The van der Waals surface area contributed by atoms with Crippen molar-refractivity contribution in [3.8, 4) is 5.75 Å². The summed E-state index contributed by atoms with van der Waals surface area (Å²) in [5, 5.41) is 2.82. The highest BCUT2D eigenvalue weighted by Gasteiger charge is 2.09. The third-order valence-corrected chi connectivity index (χ3v) is 3.02. The number of anilines is 3. The summed E-state index contributed by atoms with van der Waals surface area (Å²) in [6.07, 6.45) is 1.29. The predicted molar refractivity (Wildman–Crippen MR) is 70.4 cm³/mol. The van der Waals surface area contributed by atoms with Crippen LogP contribution in [0, 0.1) is 5.82 Å². The second kappa shape index (κ2) is 5.18. The number of ether oxygens (including phenoxy) is 1. The van der Waals surface area contributed by atoms with E-state index in [0.717, 1.165) is 0 Å². The van der Waals surface area contributed by atoms with Crippen LogP contribution in [-0.2, 0) is 0 Å². The first-order chi connectivity index (χ1) is 8.61. The van der Waals surface area contributed by atoms with Gasteiger partial charge in [-0.3, -0.25) is 0 Å². The minimum absolute atomic E-state index is 0.244. The summed E-state index contributed by atoms with van der Waals surface area (Å²) >= 11 is 3.23. The number of hydrogen-bond donors (Lipinski definition) is 2. The molecule has 0 amide bonds. The maximum Gasteiger partial charge on any atom is 0.150 e. The lowest BCUT2D eigenvalue weighted by Crippen LogP contribution is -2.01. The predicted octanol–water partition coefficient (Wildman–Crippen LogP) is 2.71. The van der Waals surface area contributed by atoms with E-state index >= 15 is 0 Å². The van der Waals surface area contributed by atoms with Gasteiger partial charge < -0.3 is 15.8 Å². The van der Waals surface area contributed by atoms with Crippen LogP contribution in [0.2, 0.25) is 0 Å². The number of halogens is 2. The maximum absolute atomic E-state index is 13.6. The summed E-state index contributed by atoms with van der Waals surface area (Å²) in [7, 11) is 1.51. The molecule has 0 aliphatic rings. The van der Waals surface area contributed by atoms with Crippen LogP contribution in [0.4, 0.5) is 21.7 Å². The number of aromatic nitrogens is 2. The van der Waals surface area contributed by atoms with Crippen molar-refractivity contribution in [2.75, 3.05) is 18.2 Å². The van der Waals surface area contributed by atoms with Gasteiger partial charge in [0.1, 0.15) is 34.0 Å². The Bertz CT molecular complexity index is 579. The minimum Gasteiger partial charge on any atom is -0.497 e. The van der Waals surface area contributed by atoms with Crippen LogP contribution in [0.5, 0.6) is 5.75 Å². The molecule has 1 aromatic heterocycles. The van der Waals surface area contributed by atoms with Gasteiger partial charge >= 0.3 is 0 Å². The van der Waals surface area contributed by atoms with Gasteiger partial charge in [-0.2, -0.15) is 0 Å². The molecule has 2 aromatic rings. The first-order valence-electron chi connectivity index (χ1n) is 4.98. The van der Waals surface area contributed by atoms with E-state index in [-0.39, 0.29) is 11.5 Å². The maximum atomic E-state index is 13.6. The van der Waals surface area contributed by atoms with Gasteiger partial charge in [-0.25, -0.2) is 14.4 Å². The molecule has 0 unspecified atom stereocenters. The van der Waals surface area contributed by atoms with Crippen LogP contribution in [0.25, 0.3) is 0 Å². The van der Waals surface area contributed by atoms with E-state index in [1.807, 2.05) is 0 Å². The number of nitrogen functional groups attached to an aromatic ring is 1. The standard InChI is InChI=1S/C11H10BrFN4O/c1-18-6-2-3-7(13)8(4-6)17-11-9(12)10(14)15-5-16-11/h2-5H,1H3,(H3,14,15,16,17). The summed E-state index contributed by atoms with van der Waals surface area (Å²) in [6.45, 7) is 0. The topological polar surface area (TPSA) is 73.1 Å². The lowest BCUT2D eigenvalue weighted by Gasteiger charge is -2.10. The highest BCUT2D eigenvalue weighted by atomic mass is 79.9. The van der Waals surface area contributed by atoms with E-state index in [9.17, 15) is 4.39 Å². The lowest BCUT2D eigenvalue weighted by molar-refractivity contribution is 0.414. The van der Waals surface area contributed by atoms with Gasteiger partial charge in [0.15, 0.2) is 0 Å². The fraction of sp³-hybridized carbons (Fsp3) is 0.0909. The number of hydrogen-bond acceptors (Lipinski definition) is 5. The monoisotopic (exact) mass is 312 g/mol. The summed E-state index contributed by atoms with van der Waals surface area (Å²) in [5.41, 5.74) is 5.86. The number of nitrogens with one attached hydrogen (secondary N) is 1.